The maximum Gasteiger partial charge on any atom is 0.151 e. The molecule has 1 aromatic rings. The van der Waals surface area contributed by atoms with Crippen molar-refractivity contribution in [1.29, 1.82) is 0 Å². The molecular formula is C14H22ClNO2S. The number of halogens is 1. The summed E-state index contributed by atoms with van der Waals surface area (Å²) < 4.78 is 23.6. The average Bonchev–Trinajstić information content (AvgIpc) is 2.32. The molecule has 0 saturated carbocycles. The van der Waals surface area contributed by atoms with Gasteiger partial charge in [0.15, 0.2) is 9.84 Å². The van der Waals surface area contributed by atoms with Crippen LogP contribution < -0.4 is 5.32 Å². The van der Waals surface area contributed by atoms with Gasteiger partial charge in [-0.05, 0) is 44.0 Å². The fourth-order valence-electron chi connectivity index (χ4n) is 1.90. The van der Waals surface area contributed by atoms with Gasteiger partial charge in [-0.25, -0.2) is 8.42 Å². The predicted molar refractivity (Wildman–Crippen MR) is 81.5 cm³/mol. The third kappa shape index (κ3) is 4.48. The molecule has 108 valence electrons. The van der Waals surface area contributed by atoms with Crippen LogP contribution in [0.1, 0.15) is 37.4 Å². The number of nitrogens with one attached hydrogen (secondary N) is 1. The Morgan fingerprint density at radius 2 is 2.00 bits per heavy atom. The van der Waals surface area contributed by atoms with Crippen molar-refractivity contribution in [2.45, 2.75) is 38.5 Å². The van der Waals surface area contributed by atoms with Crippen LogP contribution in [-0.2, 0) is 9.84 Å². The molecule has 3 nitrogen and oxygen atoms in total. The van der Waals surface area contributed by atoms with E-state index in [1.165, 1.54) is 6.26 Å². The Bertz CT molecular complexity index is 528. The Morgan fingerprint density at radius 1 is 1.37 bits per heavy atom. The fourth-order valence-corrected chi connectivity index (χ4v) is 2.84. The van der Waals surface area contributed by atoms with E-state index in [2.05, 4.69) is 12.2 Å². The lowest BCUT2D eigenvalue weighted by molar-refractivity contribution is 0.500. The smallest absolute Gasteiger partial charge is 0.151 e. The number of benzene rings is 1. The molecule has 0 aliphatic carbocycles. The van der Waals surface area contributed by atoms with Gasteiger partial charge in [0, 0.05) is 17.3 Å². The minimum atomic E-state index is -3.11. The molecule has 19 heavy (non-hydrogen) atoms. The molecule has 1 N–H and O–H groups in total. The summed E-state index contributed by atoms with van der Waals surface area (Å²) >= 11 is 6.13. The first-order valence-electron chi connectivity index (χ1n) is 6.45. The first-order valence-corrected chi connectivity index (χ1v) is 8.79. The lowest BCUT2D eigenvalue weighted by atomic mass is 10.0. The van der Waals surface area contributed by atoms with Crippen LogP contribution in [0.2, 0.25) is 5.02 Å². The van der Waals surface area contributed by atoms with Crippen molar-refractivity contribution in [3.63, 3.8) is 0 Å². The van der Waals surface area contributed by atoms with Gasteiger partial charge in [0.1, 0.15) is 0 Å². The van der Waals surface area contributed by atoms with Crippen LogP contribution in [0.4, 0.5) is 0 Å². The van der Waals surface area contributed by atoms with Gasteiger partial charge < -0.3 is 5.32 Å². The molecular weight excluding hydrogens is 282 g/mol. The molecule has 2 unspecified atom stereocenters. The Labute approximate surface area is 121 Å². The molecule has 0 fully saturated rings. The van der Waals surface area contributed by atoms with Gasteiger partial charge >= 0.3 is 0 Å². The summed E-state index contributed by atoms with van der Waals surface area (Å²) in [5, 5.41) is 3.48. The van der Waals surface area contributed by atoms with Crippen LogP contribution >= 0.6 is 11.6 Å². The van der Waals surface area contributed by atoms with Crippen LogP contribution in [0.15, 0.2) is 18.2 Å². The monoisotopic (exact) mass is 303 g/mol. The Balaban J connectivity index is 3.12. The molecule has 0 aliphatic rings. The van der Waals surface area contributed by atoms with E-state index in [0.717, 1.165) is 24.1 Å². The summed E-state index contributed by atoms with van der Waals surface area (Å²) in [5.74, 6) is 0. The highest BCUT2D eigenvalue weighted by atomic mass is 35.5. The van der Waals surface area contributed by atoms with Crippen LogP contribution in [0.3, 0.4) is 0 Å². The highest BCUT2D eigenvalue weighted by Gasteiger charge is 2.27. The van der Waals surface area contributed by atoms with Crippen molar-refractivity contribution in [2.24, 2.45) is 0 Å². The van der Waals surface area contributed by atoms with Crippen molar-refractivity contribution in [2.75, 3.05) is 12.8 Å². The Hall–Kier alpha value is -0.580. The van der Waals surface area contributed by atoms with Gasteiger partial charge in [-0.2, -0.15) is 0 Å². The SMILES string of the molecule is CCCNC(c1ccc(C)c(Cl)c1)C(C)S(C)(=O)=O. The molecule has 0 aromatic heterocycles. The van der Waals surface area contributed by atoms with Crippen molar-refractivity contribution < 1.29 is 8.42 Å². The first kappa shape index (κ1) is 16.5. The van der Waals surface area contributed by atoms with Gasteiger partial charge in [0.2, 0.25) is 0 Å². The molecule has 0 bridgehead atoms. The van der Waals surface area contributed by atoms with Crippen molar-refractivity contribution in [1.82, 2.24) is 5.32 Å². The molecule has 0 spiro atoms. The van der Waals surface area contributed by atoms with Gasteiger partial charge in [0.25, 0.3) is 0 Å². The quantitative estimate of drug-likeness (QED) is 0.878. The molecule has 0 radical (unpaired) electrons. The highest BCUT2D eigenvalue weighted by molar-refractivity contribution is 7.91. The second-order valence-electron chi connectivity index (χ2n) is 4.98. The Morgan fingerprint density at radius 3 is 2.47 bits per heavy atom. The third-order valence-electron chi connectivity index (χ3n) is 3.31. The van der Waals surface area contributed by atoms with E-state index in [0.29, 0.717) is 5.02 Å². The third-order valence-corrected chi connectivity index (χ3v) is 5.34. The van der Waals surface area contributed by atoms with E-state index < -0.39 is 15.1 Å². The van der Waals surface area contributed by atoms with Gasteiger partial charge in [-0.15, -0.1) is 0 Å². The summed E-state index contributed by atoms with van der Waals surface area (Å²) in [6.45, 7) is 6.49. The van der Waals surface area contributed by atoms with Gasteiger partial charge in [0.05, 0.1) is 5.25 Å². The van der Waals surface area contributed by atoms with Crippen LogP contribution in [0.5, 0.6) is 0 Å². The zero-order valence-corrected chi connectivity index (χ0v) is 13.5. The molecule has 0 heterocycles. The summed E-state index contributed by atoms with van der Waals surface area (Å²) in [6, 6.07) is 5.49. The summed E-state index contributed by atoms with van der Waals surface area (Å²) in [6.07, 6.45) is 2.22. The lowest BCUT2D eigenvalue weighted by Gasteiger charge is -2.25. The summed E-state index contributed by atoms with van der Waals surface area (Å²) in [4.78, 5) is 0. The predicted octanol–water partition coefficient (Wildman–Crippen LogP) is 3.12. The van der Waals surface area contributed by atoms with E-state index in [-0.39, 0.29) is 6.04 Å². The number of hydrogen-bond acceptors (Lipinski definition) is 3. The number of aryl methyl sites for hydroxylation is 1. The van der Waals surface area contributed by atoms with Crippen LogP contribution in [-0.4, -0.2) is 26.5 Å². The topological polar surface area (TPSA) is 46.2 Å². The van der Waals surface area contributed by atoms with E-state index in [1.807, 2.05) is 25.1 Å². The largest absolute Gasteiger partial charge is 0.309 e. The molecule has 5 heteroatoms. The normalized spacial score (nSPS) is 15.2. The summed E-state index contributed by atoms with van der Waals surface area (Å²) in [7, 11) is -3.11. The average molecular weight is 304 g/mol. The van der Waals surface area contributed by atoms with Crippen molar-refractivity contribution in [3.05, 3.63) is 34.3 Å². The van der Waals surface area contributed by atoms with Crippen LogP contribution in [0, 0.1) is 6.92 Å². The first-order chi connectivity index (χ1) is 8.77. The van der Waals surface area contributed by atoms with E-state index in [1.54, 1.807) is 6.92 Å². The summed E-state index contributed by atoms with van der Waals surface area (Å²) in [5.41, 5.74) is 1.91. The van der Waals surface area contributed by atoms with E-state index in [9.17, 15) is 8.42 Å². The minimum absolute atomic E-state index is 0.229. The second kappa shape index (κ2) is 6.73. The number of rotatable bonds is 6. The van der Waals surface area contributed by atoms with Crippen LogP contribution in [0.25, 0.3) is 0 Å². The van der Waals surface area contributed by atoms with E-state index >= 15 is 0 Å². The maximum atomic E-state index is 11.8. The van der Waals surface area contributed by atoms with E-state index in [4.69, 9.17) is 11.6 Å². The zero-order valence-electron chi connectivity index (χ0n) is 11.9. The number of sulfone groups is 1. The minimum Gasteiger partial charge on any atom is -0.309 e. The van der Waals surface area contributed by atoms with Crippen molar-refractivity contribution in [3.8, 4) is 0 Å². The molecule has 1 rings (SSSR count). The molecule has 0 saturated heterocycles. The number of hydrogen-bond donors (Lipinski definition) is 1. The lowest BCUT2D eigenvalue weighted by Crippen LogP contribution is -2.35. The Kier molecular flexibility index (Phi) is 5.83. The zero-order chi connectivity index (χ0) is 14.6. The molecule has 1 aromatic carbocycles. The maximum absolute atomic E-state index is 11.8. The molecule has 0 amide bonds. The highest BCUT2D eigenvalue weighted by Crippen LogP contribution is 2.26. The fraction of sp³-hybridized carbons (Fsp3) is 0.571. The van der Waals surface area contributed by atoms with Gasteiger partial charge in [-0.3, -0.25) is 0 Å². The molecule has 0 aliphatic heterocycles. The molecule has 2 atom stereocenters. The van der Waals surface area contributed by atoms with Crippen molar-refractivity contribution >= 4 is 21.4 Å². The van der Waals surface area contributed by atoms with Gasteiger partial charge in [-0.1, -0.05) is 30.7 Å². The second-order valence-corrected chi connectivity index (χ2v) is 7.78. The standard InChI is InChI=1S/C14H22ClNO2S/c1-5-8-16-14(11(3)19(4,17)18)12-7-6-10(2)13(15)9-12/h6-7,9,11,14,16H,5,8H2,1-4H3.